The van der Waals surface area contributed by atoms with Gasteiger partial charge >= 0.3 is 12.5 Å². The summed E-state index contributed by atoms with van der Waals surface area (Å²) in [6.45, 7) is -0.0154. The maximum absolute atomic E-state index is 13.9. The lowest BCUT2D eigenvalue weighted by Gasteiger charge is -2.27. The summed E-state index contributed by atoms with van der Waals surface area (Å²) in [4.78, 5) is 18.2. The number of hydrogen-bond donors (Lipinski definition) is 1. The highest BCUT2D eigenvalue weighted by Crippen LogP contribution is 2.44. The van der Waals surface area contributed by atoms with E-state index in [2.05, 4.69) is 19.8 Å². The Kier molecular flexibility index (Phi) is 6.03. The Balaban J connectivity index is 1.49. The molecule has 0 spiro atoms. The molecule has 1 amide bonds. The molecule has 1 atom stereocenters. The van der Waals surface area contributed by atoms with Gasteiger partial charge in [0.15, 0.2) is 17.8 Å². The number of aromatic nitrogens is 2. The maximum atomic E-state index is 13.9. The van der Waals surface area contributed by atoms with Crippen LogP contribution in [0.15, 0.2) is 36.4 Å². The number of amides is 1. The standard InChI is InChI=1S/C22H20F5N5O5S/c1-30-8-9-32(38(2,34)35)20(30)29-18(33)12-6-7-15-14(10-12)28-19(21(23,24)25)31(15)11-13-4-3-5-16-17(13)37-22(26,27)36-16/h3-7,10,20H,8-9,11H2,1-2H3,(H,29,33). The van der Waals surface area contributed by atoms with Crippen molar-refractivity contribution in [3.05, 3.63) is 53.3 Å². The van der Waals surface area contributed by atoms with Crippen molar-refractivity contribution < 1.29 is 44.6 Å². The number of carbonyl (C=O) groups excluding carboxylic acids is 1. The molecule has 16 heteroatoms. The van der Waals surface area contributed by atoms with Gasteiger partial charge in [0.2, 0.25) is 15.8 Å². The largest absolute Gasteiger partial charge is 0.586 e. The molecule has 0 bridgehead atoms. The van der Waals surface area contributed by atoms with Gasteiger partial charge in [-0.1, -0.05) is 12.1 Å². The summed E-state index contributed by atoms with van der Waals surface area (Å²) in [7, 11) is -2.02. The zero-order chi connectivity index (χ0) is 27.6. The van der Waals surface area contributed by atoms with Crippen LogP contribution in [0, 0.1) is 0 Å². The number of alkyl halides is 5. The van der Waals surface area contributed by atoms with Crippen molar-refractivity contribution in [3.8, 4) is 11.5 Å². The van der Waals surface area contributed by atoms with Crippen LogP contribution in [-0.2, 0) is 22.7 Å². The fourth-order valence-electron chi connectivity index (χ4n) is 4.42. The van der Waals surface area contributed by atoms with Gasteiger partial charge in [-0.05, 0) is 31.3 Å². The highest BCUT2D eigenvalue weighted by atomic mass is 32.2. The number of likely N-dealkylation sites (N-methyl/N-ethyl adjacent to an activating group) is 1. The van der Waals surface area contributed by atoms with Gasteiger partial charge in [-0.2, -0.15) is 17.5 Å². The summed E-state index contributed by atoms with van der Waals surface area (Å²) in [6.07, 6.45) is -8.84. The Bertz CT molecular complexity index is 1540. The number of hydrogen-bond acceptors (Lipinski definition) is 7. The van der Waals surface area contributed by atoms with Crippen LogP contribution in [0.25, 0.3) is 11.0 Å². The summed E-state index contributed by atoms with van der Waals surface area (Å²) in [5, 5.41) is 2.57. The Labute approximate surface area is 212 Å². The zero-order valence-electron chi connectivity index (χ0n) is 19.8. The third kappa shape index (κ3) is 4.74. The van der Waals surface area contributed by atoms with Crippen LogP contribution in [0.4, 0.5) is 22.0 Å². The molecule has 2 aromatic carbocycles. The van der Waals surface area contributed by atoms with E-state index in [1.165, 1.54) is 30.3 Å². The predicted molar refractivity (Wildman–Crippen MR) is 122 cm³/mol. The van der Waals surface area contributed by atoms with Gasteiger partial charge in [-0.3, -0.25) is 9.69 Å². The van der Waals surface area contributed by atoms with Crippen LogP contribution in [0.3, 0.4) is 0 Å². The molecule has 0 radical (unpaired) electrons. The summed E-state index contributed by atoms with van der Waals surface area (Å²) in [6, 6.07) is 7.51. The first-order valence-corrected chi connectivity index (χ1v) is 12.9. The molecule has 0 saturated carbocycles. The Hall–Kier alpha value is -3.50. The number of halogens is 5. The molecule has 38 heavy (non-hydrogen) atoms. The molecule has 5 rings (SSSR count). The minimum atomic E-state index is -4.91. The molecule has 3 heterocycles. The number of sulfonamides is 1. The average Bonchev–Trinajstić information content (AvgIpc) is 3.45. The van der Waals surface area contributed by atoms with Gasteiger partial charge in [0, 0.05) is 24.2 Å². The minimum Gasteiger partial charge on any atom is -0.395 e. The van der Waals surface area contributed by atoms with Crippen LogP contribution < -0.4 is 14.8 Å². The Morgan fingerprint density at radius 3 is 2.61 bits per heavy atom. The Morgan fingerprint density at radius 2 is 1.92 bits per heavy atom. The predicted octanol–water partition coefficient (Wildman–Crippen LogP) is 2.65. The number of carbonyl (C=O) groups is 1. The van der Waals surface area contributed by atoms with E-state index < -0.39 is 47.1 Å². The first kappa shape index (κ1) is 26.1. The molecule has 2 aliphatic rings. The molecule has 0 aliphatic carbocycles. The van der Waals surface area contributed by atoms with Crippen molar-refractivity contribution in [1.29, 1.82) is 0 Å². The molecule has 1 unspecified atom stereocenters. The van der Waals surface area contributed by atoms with Crippen LogP contribution in [0.5, 0.6) is 11.5 Å². The Morgan fingerprint density at radius 1 is 1.18 bits per heavy atom. The van der Waals surface area contributed by atoms with Gasteiger partial charge in [-0.25, -0.2) is 13.4 Å². The highest BCUT2D eigenvalue weighted by molar-refractivity contribution is 7.88. The SMILES string of the molecule is CN1CCN(S(C)(=O)=O)C1NC(=O)c1ccc2c(c1)nc(C(F)(F)F)n2Cc1cccc2c1OC(F)(F)O2. The zero-order valence-corrected chi connectivity index (χ0v) is 20.6. The first-order chi connectivity index (χ1) is 17.6. The smallest absolute Gasteiger partial charge is 0.395 e. The summed E-state index contributed by atoms with van der Waals surface area (Å²) in [5.41, 5.74) is -0.259. The van der Waals surface area contributed by atoms with Gasteiger partial charge < -0.3 is 19.4 Å². The maximum Gasteiger partial charge on any atom is 0.586 e. The molecule has 204 valence electrons. The van der Waals surface area contributed by atoms with E-state index in [9.17, 15) is 35.2 Å². The fraction of sp³-hybridized carbons (Fsp3) is 0.364. The quantitative estimate of drug-likeness (QED) is 0.478. The molecular formula is C22H20F5N5O5S. The molecule has 1 saturated heterocycles. The van der Waals surface area contributed by atoms with E-state index in [1.807, 2.05) is 0 Å². The molecule has 3 aromatic rings. The van der Waals surface area contributed by atoms with E-state index in [1.54, 1.807) is 11.9 Å². The van der Waals surface area contributed by atoms with Gasteiger partial charge in [0.25, 0.3) is 5.91 Å². The number of rotatable bonds is 5. The van der Waals surface area contributed by atoms with Crippen molar-refractivity contribution in [2.24, 2.45) is 0 Å². The third-order valence-electron chi connectivity index (χ3n) is 6.15. The fourth-order valence-corrected chi connectivity index (χ4v) is 5.41. The van der Waals surface area contributed by atoms with Crippen molar-refractivity contribution >= 4 is 27.0 Å². The van der Waals surface area contributed by atoms with Gasteiger partial charge in [-0.15, -0.1) is 8.78 Å². The topological polar surface area (TPSA) is 106 Å². The second kappa shape index (κ2) is 8.78. The van der Waals surface area contributed by atoms with Crippen molar-refractivity contribution in [2.75, 3.05) is 26.4 Å². The summed E-state index contributed by atoms with van der Waals surface area (Å²) < 4.78 is 104. The molecule has 10 nitrogen and oxygen atoms in total. The monoisotopic (exact) mass is 561 g/mol. The number of benzene rings is 2. The number of ether oxygens (including phenoxy) is 2. The number of imidazole rings is 1. The third-order valence-corrected chi connectivity index (χ3v) is 7.39. The second-order valence-corrected chi connectivity index (χ2v) is 10.8. The number of nitrogens with zero attached hydrogens (tertiary/aromatic N) is 4. The summed E-state index contributed by atoms with van der Waals surface area (Å²) >= 11 is 0. The van der Waals surface area contributed by atoms with Crippen LogP contribution >= 0.6 is 0 Å². The van der Waals surface area contributed by atoms with E-state index in [0.717, 1.165) is 21.2 Å². The van der Waals surface area contributed by atoms with Crippen molar-refractivity contribution in [1.82, 2.24) is 24.1 Å². The minimum absolute atomic E-state index is 0.00330. The van der Waals surface area contributed by atoms with E-state index in [-0.39, 0.29) is 40.2 Å². The molecule has 1 N–H and O–H groups in total. The first-order valence-electron chi connectivity index (χ1n) is 11.1. The normalized spacial score (nSPS) is 19.8. The number of para-hydroxylation sites is 1. The molecular weight excluding hydrogens is 541 g/mol. The lowest BCUT2D eigenvalue weighted by Crippen LogP contribution is -2.52. The van der Waals surface area contributed by atoms with Crippen LogP contribution in [0.2, 0.25) is 0 Å². The lowest BCUT2D eigenvalue weighted by molar-refractivity contribution is -0.287. The number of fused-ring (bicyclic) bond motifs is 2. The molecule has 2 aliphatic heterocycles. The van der Waals surface area contributed by atoms with Crippen molar-refractivity contribution in [3.63, 3.8) is 0 Å². The molecule has 1 aromatic heterocycles. The van der Waals surface area contributed by atoms with Gasteiger partial charge in [0.1, 0.15) is 0 Å². The van der Waals surface area contributed by atoms with E-state index in [0.29, 0.717) is 6.54 Å². The summed E-state index contributed by atoms with van der Waals surface area (Å²) in [5.74, 6) is -2.74. The average molecular weight is 561 g/mol. The second-order valence-electron chi connectivity index (χ2n) is 8.84. The van der Waals surface area contributed by atoms with E-state index >= 15 is 0 Å². The van der Waals surface area contributed by atoms with Crippen LogP contribution in [0.1, 0.15) is 21.7 Å². The highest BCUT2D eigenvalue weighted by Gasteiger charge is 2.45. The number of nitrogens with one attached hydrogen (secondary N) is 1. The van der Waals surface area contributed by atoms with Crippen LogP contribution in [-0.4, -0.2) is 72.1 Å². The van der Waals surface area contributed by atoms with Crippen molar-refractivity contribution in [2.45, 2.75) is 25.3 Å². The van der Waals surface area contributed by atoms with E-state index in [4.69, 9.17) is 0 Å². The lowest BCUT2D eigenvalue weighted by atomic mass is 10.1. The molecule has 1 fully saturated rings. The van der Waals surface area contributed by atoms with Gasteiger partial charge in [0.05, 0.1) is 23.8 Å².